The van der Waals surface area contributed by atoms with Crippen molar-refractivity contribution in [1.29, 1.82) is 10.5 Å². The summed E-state index contributed by atoms with van der Waals surface area (Å²) in [6, 6.07) is 10.3. The van der Waals surface area contributed by atoms with E-state index in [0.29, 0.717) is 10.6 Å². The minimum Gasteiger partial charge on any atom is -0.293 e. The van der Waals surface area contributed by atoms with Crippen LogP contribution in [-0.4, -0.2) is 11.8 Å². The lowest BCUT2D eigenvalue weighted by Crippen LogP contribution is -2.31. The van der Waals surface area contributed by atoms with E-state index in [1.54, 1.807) is 24.3 Å². The molecule has 19 heavy (non-hydrogen) atoms. The Morgan fingerprint density at radius 3 is 2.11 bits per heavy atom. The molecule has 0 unspecified atom stereocenters. The average Bonchev–Trinajstić information content (AvgIpc) is 2.96. The van der Waals surface area contributed by atoms with Gasteiger partial charge in [0.25, 0.3) is 0 Å². The number of carbonyl (C=O) groups excluding carboxylic acids is 2. The Morgan fingerprint density at radius 1 is 1.11 bits per heavy atom. The Labute approximate surface area is 113 Å². The molecule has 2 amide bonds. The topological polar surface area (TPSA) is 93.8 Å². The largest absolute Gasteiger partial charge is 0.293 e. The van der Waals surface area contributed by atoms with Crippen LogP contribution in [0, 0.1) is 33.5 Å². The molecule has 1 aromatic carbocycles. The van der Waals surface area contributed by atoms with Gasteiger partial charge in [0, 0.05) is 10.9 Å². The molecule has 0 spiro atoms. The molecule has 2 atom stereocenters. The number of nitrogens with zero attached hydrogens (tertiary/aromatic N) is 2. The summed E-state index contributed by atoms with van der Waals surface area (Å²) in [6.45, 7) is 0. The monoisotopic (exact) mass is 271 g/mol. The predicted octanol–water partition coefficient (Wildman–Crippen LogP) is 1.11. The van der Waals surface area contributed by atoms with Crippen LogP contribution in [0.15, 0.2) is 24.3 Å². The second kappa shape index (κ2) is 3.34. The standard InChI is InChI=1S/C13H6ClN3O2/c14-8-4-2-1-3-7(8)9-12(5-15)10(18)17-11(19)13(9,12)6-16/h1-4,9H,(H,17,18,19)/t12-,13-/m1/s1. The Bertz CT molecular complexity index is 679. The summed E-state index contributed by atoms with van der Waals surface area (Å²) in [5.74, 6) is -2.23. The molecule has 1 N–H and O–H groups in total. The number of hydrogen-bond acceptors (Lipinski definition) is 4. The highest BCUT2D eigenvalue weighted by Gasteiger charge is 2.91. The van der Waals surface area contributed by atoms with E-state index < -0.39 is 28.6 Å². The lowest BCUT2D eigenvalue weighted by molar-refractivity contribution is -0.128. The molecular formula is C13H6ClN3O2. The Kier molecular flexibility index (Phi) is 2.06. The summed E-state index contributed by atoms with van der Waals surface area (Å²) in [4.78, 5) is 23.8. The Hall–Kier alpha value is -2.37. The van der Waals surface area contributed by atoms with Gasteiger partial charge in [-0.25, -0.2) is 0 Å². The summed E-state index contributed by atoms with van der Waals surface area (Å²) in [5.41, 5.74) is -2.82. The normalized spacial score (nSPS) is 35.0. The van der Waals surface area contributed by atoms with E-state index in [0.717, 1.165) is 0 Å². The van der Waals surface area contributed by atoms with Crippen LogP contribution in [0.25, 0.3) is 0 Å². The first-order valence-electron chi connectivity index (χ1n) is 5.49. The molecule has 1 saturated heterocycles. The maximum Gasteiger partial charge on any atom is 0.250 e. The summed E-state index contributed by atoms with van der Waals surface area (Å²) < 4.78 is 0. The highest BCUT2D eigenvalue weighted by atomic mass is 35.5. The highest BCUT2D eigenvalue weighted by molar-refractivity contribution is 6.32. The van der Waals surface area contributed by atoms with Crippen molar-refractivity contribution in [2.45, 2.75) is 5.92 Å². The molecule has 0 radical (unpaired) electrons. The SMILES string of the molecule is N#C[C@@]12C(=O)NC(=O)[C@@]1(C#N)C2c1ccccc1Cl. The number of rotatable bonds is 1. The number of nitriles is 2. The average molecular weight is 272 g/mol. The van der Waals surface area contributed by atoms with Crippen molar-refractivity contribution in [2.75, 3.05) is 0 Å². The van der Waals surface area contributed by atoms with Crippen LogP contribution in [0.5, 0.6) is 0 Å². The number of piperidine rings is 1. The highest BCUT2D eigenvalue weighted by Crippen LogP contribution is 2.76. The second-order valence-electron chi connectivity index (χ2n) is 4.58. The fourth-order valence-corrected chi connectivity index (χ4v) is 3.22. The molecule has 1 aromatic rings. The van der Waals surface area contributed by atoms with Gasteiger partial charge in [0.2, 0.25) is 11.8 Å². The van der Waals surface area contributed by atoms with Gasteiger partial charge in [0.15, 0.2) is 10.8 Å². The number of amides is 2. The first-order valence-corrected chi connectivity index (χ1v) is 5.87. The molecule has 0 aromatic heterocycles. The van der Waals surface area contributed by atoms with Gasteiger partial charge < -0.3 is 0 Å². The van der Waals surface area contributed by atoms with E-state index in [9.17, 15) is 20.1 Å². The van der Waals surface area contributed by atoms with Crippen molar-refractivity contribution < 1.29 is 9.59 Å². The molecule has 0 bridgehead atoms. The molecule has 1 saturated carbocycles. The number of halogens is 1. The van der Waals surface area contributed by atoms with Crippen molar-refractivity contribution in [2.24, 2.45) is 10.8 Å². The minimum absolute atomic E-state index is 0.340. The predicted molar refractivity (Wildman–Crippen MR) is 63.4 cm³/mol. The van der Waals surface area contributed by atoms with Crippen LogP contribution in [0.1, 0.15) is 11.5 Å². The van der Waals surface area contributed by atoms with Crippen LogP contribution in [0.4, 0.5) is 0 Å². The second-order valence-corrected chi connectivity index (χ2v) is 4.98. The lowest BCUT2D eigenvalue weighted by atomic mass is 9.98. The third-order valence-electron chi connectivity index (χ3n) is 3.92. The first kappa shape index (κ1) is 11.7. The number of hydrogen-bond donors (Lipinski definition) is 1. The minimum atomic E-state index is -1.65. The van der Waals surface area contributed by atoms with E-state index in [4.69, 9.17) is 11.6 Å². The Morgan fingerprint density at radius 2 is 1.63 bits per heavy atom. The van der Waals surface area contributed by atoms with Gasteiger partial charge in [0.1, 0.15) is 0 Å². The zero-order valence-electron chi connectivity index (χ0n) is 9.48. The summed E-state index contributed by atoms with van der Waals surface area (Å²) in [5, 5.41) is 21.0. The summed E-state index contributed by atoms with van der Waals surface area (Å²) >= 11 is 6.04. The molecule has 3 rings (SSSR count). The van der Waals surface area contributed by atoms with E-state index in [1.165, 1.54) is 0 Å². The summed E-state index contributed by atoms with van der Waals surface area (Å²) in [7, 11) is 0. The van der Waals surface area contributed by atoms with Gasteiger partial charge in [0.05, 0.1) is 12.1 Å². The fraction of sp³-hybridized carbons (Fsp3) is 0.231. The Balaban J connectivity index is 2.25. The number of imide groups is 1. The third kappa shape index (κ3) is 1.01. The molecule has 1 heterocycles. The molecular weight excluding hydrogens is 266 g/mol. The molecule has 92 valence electrons. The van der Waals surface area contributed by atoms with Gasteiger partial charge in [-0.15, -0.1) is 0 Å². The number of fused-ring (bicyclic) bond motifs is 1. The number of benzene rings is 1. The molecule has 2 aliphatic rings. The maximum absolute atomic E-state index is 11.9. The molecule has 5 nitrogen and oxygen atoms in total. The molecule has 1 aliphatic carbocycles. The molecule has 2 fully saturated rings. The van der Waals surface area contributed by atoms with Gasteiger partial charge in [-0.05, 0) is 11.6 Å². The first-order chi connectivity index (χ1) is 9.06. The lowest BCUT2D eigenvalue weighted by Gasteiger charge is -2.08. The maximum atomic E-state index is 11.9. The van der Waals surface area contributed by atoms with Crippen molar-refractivity contribution in [3.63, 3.8) is 0 Å². The van der Waals surface area contributed by atoms with Crippen LogP contribution in [0.3, 0.4) is 0 Å². The van der Waals surface area contributed by atoms with Crippen LogP contribution >= 0.6 is 11.6 Å². The van der Waals surface area contributed by atoms with Gasteiger partial charge in [-0.1, -0.05) is 29.8 Å². The zero-order chi connectivity index (χ0) is 13.8. The fourth-order valence-electron chi connectivity index (χ4n) is 2.98. The van der Waals surface area contributed by atoms with E-state index >= 15 is 0 Å². The third-order valence-corrected chi connectivity index (χ3v) is 4.26. The van der Waals surface area contributed by atoms with Crippen LogP contribution < -0.4 is 5.32 Å². The van der Waals surface area contributed by atoms with Crippen molar-refractivity contribution in [1.82, 2.24) is 5.32 Å². The van der Waals surface area contributed by atoms with Gasteiger partial charge in [-0.2, -0.15) is 10.5 Å². The molecule has 1 aliphatic heterocycles. The number of nitrogens with one attached hydrogen (secondary N) is 1. The van der Waals surface area contributed by atoms with Crippen LogP contribution in [0.2, 0.25) is 5.02 Å². The van der Waals surface area contributed by atoms with Crippen LogP contribution in [-0.2, 0) is 9.59 Å². The van der Waals surface area contributed by atoms with E-state index in [1.807, 2.05) is 12.1 Å². The van der Waals surface area contributed by atoms with Crippen molar-refractivity contribution in [3.05, 3.63) is 34.9 Å². The van der Waals surface area contributed by atoms with Crippen molar-refractivity contribution >= 4 is 23.4 Å². The zero-order valence-corrected chi connectivity index (χ0v) is 10.2. The van der Waals surface area contributed by atoms with E-state index in [-0.39, 0.29) is 0 Å². The quantitative estimate of drug-likeness (QED) is 0.774. The van der Waals surface area contributed by atoms with Gasteiger partial charge in [-0.3, -0.25) is 14.9 Å². The van der Waals surface area contributed by atoms with Gasteiger partial charge >= 0.3 is 0 Å². The smallest absolute Gasteiger partial charge is 0.250 e. The van der Waals surface area contributed by atoms with Crippen molar-refractivity contribution in [3.8, 4) is 12.1 Å². The van der Waals surface area contributed by atoms with E-state index in [2.05, 4.69) is 5.32 Å². The number of carbonyl (C=O) groups is 2. The molecule has 6 heteroatoms. The summed E-state index contributed by atoms with van der Waals surface area (Å²) in [6.07, 6.45) is 0.